The second-order valence-electron chi connectivity index (χ2n) is 5.80. The minimum atomic E-state index is -0.294. The van der Waals surface area contributed by atoms with Gasteiger partial charge < -0.3 is 9.69 Å². The summed E-state index contributed by atoms with van der Waals surface area (Å²) in [5.74, 6) is 0.0376. The number of hydrogen-bond acceptors (Lipinski definition) is 2. The predicted molar refractivity (Wildman–Crippen MR) is 71.7 cm³/mol. The van der Waals surface area contributed by atoms with Crippen molar-refractivity contribution in [3.05, 3.63) is 29.8 Å². The van der Waals surface area contributed by atoms with Gasteiger partial charge in [-0.05, 0) is 29.5 Å². The van der Waals surface area contributed by atoms with E-state index in [9.17, 15) is 9.59 Å². The number of benzene rings is 1. The van der Waals surface area contributed by atoms with Crippen molar-refractivity contribution >= 4 is 17.9 Å². The Morgan fingerprint density at radius 3 is 2.33 bits per heavy atom. The summed E-state index contributed by atoms with van der Waals surface area (Å²) < 4.78 is 0. The van der Waals surface area contributed by atoms with Crippen LogP contribution < -0.4 is 4.90 Å². The van der Waals surface area contributed by atoms with E-state index >= 15 is 0 Å². The van der Waals surface area contributed by atoms with Gasteiger partial charge in [0.05, 0.1) is 6.04 Å². The number of nitrogens with zero attached hydrogens (tertiary/aromatic N) is 1. The van der Waals surface area contributed by atoms with Crippen molar-refractivity contribution in [3.63, 3.8) is 0 Å². The molecule has 0 unspecified atom stereocenters. The van der Waals surface area contributed by atoms with Crippen LogP contribution >= 0.6 is 0 Å². The Morgan fingerprint density at radius 1 is 1.22 bits per heavy atom. The molecule has 0 aromatic heterocycles. The summed E-state index contributed by atoms with van der Waals surface area (Å²) in [6.07, 6.45) is 1.95. The molecule has 1 aromatic rings. The van der Waals surface area contributed by atoms with E-state index in [2.05, 4.69) is 20.8 Å². The second kappa shape index (κ2) is 4.56. The maximum absolute atomic E-state index is 11.8. The predicted octanol–water partition coefficient (Wildman–Crippen LogP) is 2.68. The van der Waals surface area contributed by atoms with E-state index in [1.165, 1.54) is 5.56 Å². The SMILES string of the molecule is CC(C)(C)c1ccc(N2C(=O)CC[C@@H]2C=O)cc1. The Hall–Kier alpha value is -1.64. The van der Waals surface area contributed by atoms with E-state index in [1.807, 2.05) is 24.3 Å². The topological polar surface area (TPSA) is 37.4 Å². The first-order valence-electron chi connectivity index (χ1n) is 6.31. The Kier molecular flexibility index (Phi) is 3.24. The number of anilines is 1. The standard InChI is InChI=1S/C15H19NO2/c1-15(2,3)11-4-6-12(7-5-11)16-13(10-17)8-9-14(16)18/h4-7,10,13H,8-9H2,1-3H3/t13-/m1/s1. The fraction of sp³-hybridized carbons (Fsp3) is 0.467. The fourth-order valence-corrected chi connectivity index (χ4v) is 2.29. The highest BCUT2D eigenvalue weighted by Gasteiger charge is 2.31. The molecule has 0 bridgehead atoms. The molecule has 3 heteroatoms. The van der Waals surface area contributed by atoms with Gasteiger partial charge in [-0.15, -0.1) is 0 Å². The van der Waals surface area contributed by atoms with E-state index in [-0.39, 0.29) is 17.4 Å². The Bertz CT molecular complexity index is 456. The minimum Gasteiger partial charge on any atom is -0.302 e. The summed E-state index contributed by atoms with van der Waals surface area (Å²) in [4.78, 5) is 24.4. The zero-order valence-corrected chi connectivity index (χ0v) is 11.1. The van der Waals surface area contributed by atoms with Crippen molar-refractivity contribution in [2.75, 3.05) is 4.90 Å². The number of rotatable bonds is 2. The summed E-state index contributed by atoms with van der Waals surface area (Å²) in [5, 5.41) is 0. The molecule has 0 spiro atoms. The molecule has 1 amide bonds. The van der Waals surface area contributed by atoms with Crippen molar-refractivity contribution in [2.24, 2.45) is 0 Å². The van der Waals surface area contributed by atoms with Crippen LogP contribution in [0.25, 0.3) is 0 Å². The van der Waals surface area contributed by atoms with Gasteiger partial charge in [-0.3, -0.25) is 4.79 Å². The van der Waals surface area contributed by atoms with E-state index in [0.717, 1.165) is 12.0 Å². The average Bonchev–Trinajstić information content (AvgIpc) is 2.69. The third kappa shape index (κ3) is 2.30. The molecule has 1 aromatic carbocycles. The lowest BCUT2D eigenvalue weighted by atomic mass is 9.87. The largest absolute Gasteiger partial charge is 0.302 e. The molecule has 0 saturated carbocycles. The van der Waals surface area contributed by atoms with Crippen LogP contribution in [0.2, 0.25) is 0 Å². The minimum absolute atomic E-state index is 0.0376. The zero-order chi connectivity index (χ0) is 13.3. The van der Waals surface area contributed by atoms with Gasteiger partial charge in [-0.25, -0.2) is 0 Å². The third-order valence-corrected chi connectivity index (χ3v) is 3.42. The third-order valence-electron chi connectivity index (χ3n) is 3.42. The smallest absolute Gasteiger partial charge is 0.227 e. The molecule has 1 aliphatic heterocycles. The molecule has 2 rings (SSSR count). The quantitative estimate of drug-likeness (QED) is 0.751. The molecule has 18 heavy (non-hydrogen) atoms. The molecular weight excluding hydrogens is 226 g/mol. The summed E-state index contributed by atoms with van der Waals surface area (Å²) in [7, 11) is 0. The van der Waals surface area contributed by atoms with E-state index < -0.39 is 0 Å². The Balaban J connectivity index is 2.29. The maximum Gasteiger partial charge on any atom is 0.227 e. The van der Waals surface area contributed by atoms with Crippen molar-refractivity contribution in [1.82, 2.24) is 0 Å². The van der Waals surface area contributed by atoms with Gasteiger partial charge in [-0.2, -0.15) is 0 Å². The summed E-state index contributed by atoms with van der Waals surface area (Å²) in [6, 6.07) is 7.63. The van der Waals surface area contributed by atoms with Gasteiger partial charge in [0.25, 0.3) is 0 Å². The van der Waals surface area contributed by atoms with Gasteiger partial charge in [-0.1, -0.05) is 32.9 Å². The number of carbonyl (C=O) groups is 2. The van der Waals surface area contributed by atoms with Crippen molar-refractivity contribution in [2.45, 2.75) is 45.1 Å². The molecule has 1 atom stereocenters. The lowest BCUT2D eigenvalue weighted by Crippen LogP contribution is -2.33. The van der Waals surface area contributed by atoms with Gasteiger partial charge in [0.1, 0.15) is 6.29 Å². The van der Waals surface area contributed by atoms with Gasteiger partial charge in [0.15, 0.2) is 0 Å². The van der Waals surface area contributed by atoms with Crippen LogP contribution in [-0.4, -0.2) is 18.2 Å². The molecule has 0 aliphatic carbocycles. The van der Waals surface area contributed by atoms with Crippen LogP contribution in [0.4, 0.5) is 5.69 Å². The van der Waals surface area contributed by atoms with Crippen LogP contribution in [0.5, 0.6) is 0 Å². The summed E-state index contributed by atoms with van der Waals surface area (Å²) in [5.41, 5.74) is 2.14. The summed E-state index contributed by atoms with van der Waals surface area (Å²) in [6.45, 7) is 6.45. The number of aldehydes is 1. The molecule has 0 N–H and O–H groups in total. The molecule has 0 radical (unpaired) electrons. The van der Waals surface area contributed by atoms with Gasteiger partial charge >= 0.3 is 0 Å². The fourth-order valence-electron chi connectivity index (χ4n) is 2.29. The normalized spacial score (nSPS) is 20.3. The zero-order valence-electron chi connectivity index (χ0n) is 11.1. The first kappa shape index (κ1) is 12.8. The molecule has 1 heterocycles. The van der Waals surface area contributed by atoms with Crippen LogP contribution in [0.15, 0.2) is 24.3 Å². The van der Waals surface area contributed by atoms with Crippen LogP contribution in [0.1, 0.15) is 39.2 Å². The molecule has 1 saturated heterocycles. The number of hydrogen-bond donors (Lipinski definition) is 0. The monoisotopic (exact) mass is 245 g/mol. The first-order chi connectivity index (χ1) is 8.43. The van der Waals surface area contributed by atoms with Crippen LogP contribution in [0.3, 0.4) is 0 Å². The van der Waals surface area contributed by atoms with Crippen molar-refractivity contribution in [3.8, 4) is 0 Å². The maximum atomic E-state index is 11.8. The lowest BCUT2D eigenvalue weighted by Gasteiger charge is -2.23. The van der Waals surface area contributed by atoms with E-state index in [4.69, 9.17) is 0 Å². The summed E-state index contributed by atoms with van der Waals surface area (Å²) >= 11 is 0. The average molecular weight is 245 g/mol. The Morgan fingerprint density at radius 2 is 1.83 bits per heavy atom. The molecule has 1 fully saturated rings. The number of amides is 1. The van der Waals surface area contributed by atoms with Gasteiger partial charge in [0.2, 0.25) is 5.91 Å². The molecule has 3 nitrogen and oxygen atoms in total. The first-order valence-corrected chi connectivity index (χ1v) is 6.31. The van der Waals surface area contributed by atoms with Gasteiger partial charge in [0, 0.05) is 12.1 Å². The molecular formula is C15H19NO2. The van der Waals surface area contributed by atoms with Crippen molar-refractivity contribution < 1.29 is 9.59 Å². The molecule has 1 aliphatic rings. The Labute approximate surface area is 108 Å². The van der Waals surface area contributed by atoms with E-state index in [1.54, 1.807) is 4.90 Å². The van der Waals surface area contributed by atoms with Crippen LogP contribution in [0, 0.1) is 0 Å². The lowest BCUT2D eigenvalue weighted by molar-refractivity contribution is -0.118. The van der Waals surface area contributed by atoms with E-state index in [0.29, 0.717) is 12.8 Å². The number of carbonyl (C=O) groups excluding carboxylic acids is 2. The van der Waals surface area contributed by atoms with Crippen molar-refractivity contribution in [1.29, 1.82) is 0 Å². The molecule has 96 valence electrons. The highest BCUT2D eigenvalue weighted by molar-refractivity contribution is 6.00. The second-order valence-corrected chi connectivity index (χ2v) is 5.80. The highest BCUT2D eigenvalue weighted by atomic mass is 16.2. The highest BCUT2D eigenvalue weighted by Crippen LogP contribution is 2.29. The van der Waals surface area contributed by atoms with Crippen LogP contribution in [-0.2, 0) is 15.0 Å².